The smallest absolute Gasteiger partial charge is 0.352 e. The number of aromatic nitrogens is 1. The summed E-state index contributed by atoms with van der Waals surface area (Å²) in [7, 11) is -3.69. The van der Waals surface area contributed by atoms with Crippen molar-refractivity contribution in [2.24, 2.45) is 5.73 Å². The fourth-order valence-corrected chi connectivity index (χ4v) is 4.10. The number of rotatable bonds is 4. The summed E-state index contributed by atoms with van der Waals surface area (Å²) in [4.78, 5) is 11.3. The first-order valence-electron chi connectivity index (χ1n) is 6.94. The van der Waals surface area contributed by atoms with Gasteiger partial charge in [-0.25, -0.2) is 13.2 Å². The van der Waals surface area contributed by atoms with Gasteiger partial charge in [-0.1, -0.05) is 0 Å². The van der Waals surface area contributed by atoms with Gasteiger partial charge in [-0.15, -0.1) is 0 Å². The summed E-state index contributed by atoms with van der Waals surface area (Å²) in [6, 6.07) is 0.918. The Labute approximate surface area is 124 Å². The van der Waals surface area contributed by atoms with E-state index in [1.54, 1.807) is 13.8 Å². The number of carboxylic acid groups (broad SMARTS) is 1. The van der Waals surface area contributed by atoms with Crippen molar-refractivity contribution in [2.75, 3.05) is 13.1 Å². The lowest BCUT2D eigenvalue weighted by Crippen LogP contribution is -2.45. The first-order chi connectivity index (χ1) is 9.73. The van der Waals surface area contributed by atoms with Crippen molar-refractivity contribution in [1.82, 2.24) is 8.87 Å². The summed E-state index contributed by atoms with van der Waals surface area (Å²) in [5, 5.41) is 9.20. The van der Waals surface area contributed by atoms with Crippen LogP contribution in [-0.4, -0.2) is 47.5 Å². The number of hydrogen-bond acceptors (Lipinski definition) is 4. The molecule has 1 unspecified atom stereocenters. The summed E-state index contributed by atoms with van der Waals surface area (Å²) >= 11 is 0. The maximum absolute atomic E-state index is 12.6. The minimum atomic E-state index is -3.69. The van der Waals surface area contributed by atoms with Crippen LogP contribution in [0.15, 0.2) is 17.2 Å². The van der Waals surface area contributed by atoms with Crippen LogP contribution in [0.4, 0.5) is 0 Å². The number of nitrogens with two attached hydrogens (primary N) is 1. The summed E-state index contributed by atoms with van der Waals surface area (Å²) in [6.07, 6.45) is 2.92. The Kier molecular flexibility index (Phi) is 4.40. The molecule has 1 saturated heterocycles. The third kappa shape index (κ3) is 3.12. The Balaban J connectivity index is 2.40. The highest BCUT2D eigenvalue weighted by Crippen LogP contribution is 2.24. The molecule has 7 nitrogen and oxygen atoms in total. The minimum Gasteiger partial charge on any atom is -0.477 e. The fraction of sp³-hybridized carbons (Fsp3) is 0.615. The van der Waals surface area contributed by atoms with Gasteiger partial charge in [0.1, 0.15) is 10.6 Å². The van der Waals surface area contributed by atoms with Crippen LogP contribution in [-0.2, 0) is 10.0 Å². The summed E-state index contributed by atoms with van der Waals surface area (Å²) < 4.78 is 28.0. The quantitative estimate of drug-likeness (QED) is 0.858. The molecule has 0 radical (unpaired) electrons. The number of carbonyl (C=O) groups is 1. The zero-order valence-corrected chi connectivity index (χ0v) is 13.0. The Morgan fingerprint density at radius 3 is 2.62 bits per heavy atom. The van der Waals surface area contributed by atoms with Crippen molar-refractivity contribution < 1.29 is 18.3 Å². The predicted molar refractivity (Wildman–Crippen MR) is 77.7 cm³/mol. The molecule has 0 amide bonds. The lowest BCUT2D eigenvalue weighted by Gasteiger charge is -2.29. The van der Waals surface area contributed by atoms with E-state index in [-0.39, 0.29) is 29.2 Å². The number of piperidine rings is 1. The van der Waals surface area contributed by atoms with Gasteiger partial charge < -0.3 is 15.4 Å². The van der Waals surface area contributed by atoms with Crippen LogP contribution in [0.2, 0.25) is 0 Å². The molecule has 2 heterocycles. The van der Waals surface area contributed by atoms with Crippen LogP contribution >= 0.6 is 0 Å². The first kappa shape index (κ1) is 16.0. The topological polar surface area (TPSA) is 106 Å². The van der Waals surface area contributed by atoms with E-state index >= 15 is 0 Å². The lowest BCUT2D eigenvalue weighted by molar-refractivity contribution is 0.0683. The number of hydrogen-bond donors (Lipinski definition) is 2. The van der Waals surface area contributed by atoms with Gasteiger partial charge in [0.25, 0.3) is 0 Å². The normalized spacial score (nSPS) is 20.9. The molecule has 1 aromatic heterocycles. The van der Waals surface area contributed by atoms with Gasteiger partial charge in [-0.3, -0.25) is 0 Å². The molecular formula is C13H21N3O4S. The van der Waals surface area contributed by atoms with E-state index in [9.17, 15) is 18.3 Å². The summed E-state index contributed by atoms with van der Waals surface area (Å²) in [6.45, 7) is 4.31. The van der Waals surface area contributed by atoms with Crippen molar-refractivity contribution in [3.63, 3.8) is 0 Å². The maximum atomic E-state index is 12.6. The Bertz CT molecular complexity index is 636. The molecule has 8 heteroatoms. The number of aromatic carboxylic acids is 1. The van der Waals surface area contributed by atoms with E-state index < -0.39 is 16.0 Å². The second-order valence-electron chi connectivity index (χ2n) is 5.63. The lowest BCUT2D eigenvalue weighted by atomic mass is 10.1. The SMILES string of the molecule is CC(C)n1cc(S(=O)(=O)N2CCCC(N)C2)cc1C(=O)O. The number of carboxylic acids is 1. The Morgan fingerprint density at radius 2 is 2.14 bits per heavy atom. The van der Waals surface area contributed by atoms with Gasteiger partial charge in [0.2, 0.25) is 10.0 Å². The molecule has 0 aromatic carbocycles. The van der Waals surface area contributed by atoms with E-state index in [0.29, 0.717) is 6.54 Å². The van der Waals surface area contributed by atoms with Crippen LogP contribution in [0, 0.1) is 0 Å². The molecule has 1 aromatic rings. The van der Waals surface area contributed by atoms with Crippen molar-refractivity contribution in [1.29, 1.82) is 0 Å². The van der Waals surface area contributed by atoms with E-state index in [4.69, 9.17) is 5.73 Å². The molecule has 2 rings (SSSR count). The highest BCUT2D eigenvalue weighted by molar-refractivity contribution is 7.89. The van der Waals surface area contributed by atoms with Crippen LogP contribution in [0.25, 0.3) is 0 Å². The summed E-state index contributed by atoms with van der Waals surface area (Å²) in [5.74, 6) is -1.14. The van der Waals surface area contributed by atoms with E-state index in [1.165, 1.54) is 21.1 Å². The average molecular weight is 315 g/mol. The van der Waals surface area contributed by atoms with Gasteiger partial charge in [-0.2, -0.15) is 4.31 Å². The molecule has 21 heavy (non-hydrogen) atoms. The molecule has 0 saturated carbocycles. The Hall–Kier alpha value is -1.38. The molecule has 0 bridgehead atoms. The fourth-order valence-electron chi connectivity index (χ4n) is 2.54. The van der Waals surface area contributed by atoms with Crippen LogP contribution in [0.1, 0.15) is 43.2 Å². The third-order valence-electron chi connectivity index (χ3n) is 3.66. The van der Waals surface area contributed by atoms with Gasteiger partial charge in [0.05, 0.1) is 0 Å². The van der Waals surface area contributed by atoms with Crippen molar-refractivity contribution >= 4 is 16.0 Å². The van der Waals surface area contributed by atoms with E-state index in [1.807, 2.05) is 0 Å². The van der Waals surface area contributed by atoms with Gasteiger partial charge in [-0.05, 0) is 32.8 Å². The van der Waals surface area contributed by atoms with Crippen molar-refractivity contribution in [2.45, 2.75) is 43.7 Å². The first-order valence-corrected chi connectivity index (χ1v) is 8.38. The minimum absolute atomic E-state index is 0.0164. The van der Waals surface area contributed by atoms with E-state index in [2.05, 4.69) is 0 Å². The standard InChI is InChI=1S/C13H21N3O4S/c1-9(2)16-8-11(6-12(16)13(17)18)21(19,20)15-5-3-4-10(14)7-15/h6,8-10H,3-5,7,14H2,1-2H3,(H,17,18). The maximum Gasteiger partial charge on any atom is 0.352 e. The van der Waals surface area contributed by atoms with Crippen molar-refractivity contribution in [3.8, 4) is 0 Å². The molecule has 1 aliphatic rings. The summed E-state index contributed by atoms with van der Waals surface area (Å²) in [5.41, 5.74) is 5.80. The second kappa shape index (κ2) is 5.78. The van der Waals surface area contributed by atoms with Crippen molar-refractivity contribution in [3.05, 3.63) is 18.0 Å². The van der Waals surface area contributed by atoms with Crippen LogP contribution < -0.4 is 5.73 Å². The molecule has 118 valence electrons. The molecule has 1 fully saturated rings. The van der Waals surface area contributed by atoms with Crippen LogP contribution in [0.5, 0.6) is 0 Å². The largest absolute Gasteiger partial charge is 0.477 e. The molecule has 0 spiro atoms. The number of sulfonamides is 1. The molecule has 0 aliphatic carbocycles. The third-order valence-corrected chi connectivity index (χ3v) is 5.49. The average Bonchev–Trinajstić information content (AvgIpc) is 2.84. The van der Waals surface area contributed by atoms with Gasteiger partial charge in [0.15, 0.2) is 0 Å². The zero-order chi connectivity index (χ0) is 15.8. The van der Waals surface area contributed by atoms with Crippen LogP contribution in [0.3, 0.4) is 0 Å². The molecule has 1 aliphatic heterocycles. The second-order valence-corrected chi connectivity index (χ2v) is 7.57. The molecular weight excluding hydrogens is 294 g/mol. The zero-order valence-electron chi connectivity index (χ0n) is 12.2. The molecule has 3 N–H and O–H groups in total. The van der Waals surface area contributed by atoms with Gasteiger partial charge in [0, 0.05) is 31.4 Å². The predicted octanol–water partition coefficient (Wildman–Crippen LogP) is 0.879. The highest BCUT2D eigenvalue weighted by atomic mass is 32.2. The van der Waals surface area contributed by atoms with E-state index in [0.717, 1.165) is 12.8 Å². The molecule has 1 atom stereocenters. The number of nitrogens with zero attached hydrogens (tertiary/aromatic N) is 2. The monoisotopic (exact) mass is 315 g/mol. The van der Waals surface area contributed by atoms with Gasteiger partial charge >= 0.3 is 5.97 Å². The Morgan fingerprint density at radius 1 is 1.48 bits per heavy atom. The highest BCUT2D eigenvalue weighted by Gasteiger charge is 2.31.